The van der Waals surface area contributed by atoms with E-state index in [0.717, 1.165) is 12.8 Å². The summed E-state index contributed by atoms with van der Waals surface area (Å²) in [6, 6.07) is -0.548. The number of amidine groups is 1. The first kappa shape index (κ1) is 19.7. The molecular weight excluding hydrogens is 274 g/mol. The number of ether oxygens (including phenoxy) is 1. The average molecular weight is 303 g/mol. The number of nitrogens with two attached hydrogens (primary N) is 1. The maximum Gasteiger partial charge on any atom is 0.407 e. The number of carbonyl (C=O) groups is 1. The van der Waals surface area contributed by atoms with E-state index in [1.165, 1.54) is 0 Å². The number of hydrogen-bond acceptors (Lipinski definition) is 5. The summed E-state index contributed by atoms with van der Waals surface area (Å²) in [5.41, 5.74) is 4.83. The third-order valence-electron chi connectivity index (χ3n) is 2.64. The fourth-order valence-electron chi connectivity index (χ4n) is 1.68. The first-order chi connectivity index (χ1) is 9.65. The molecule has 21 heavy (non-hydrogen) atoms. The number of aliphatic hydroxyl groups is 2. The van der Waals surface area contributed by atoms with Crippen molar-refractivity contribution in [1.82, 2.24) is 5.32 Å². The van der Waals surface area contributed by atoms with Crippen molar-refractivity contribution >= 4 is 11.9 Å². The monoisotopic (exact) mass is 303 g/mol. The predicted octanol–water partition coefficient (Wildman–Crippen LogP) is 0.780. The number of amides is 1. The van der Waals surface area contributed by atoms with Crippen molar-refractivity contribution in [2.45, 2.75) is 64.7 Å². The van der Waals surface area contributed by atoms with Gasteiger partial charge in [-0.3, -0.25) is 4.99 Å². The van der Waals surface area contributed by atoms with E-state index in [1.807, 2.05) is 0 Å². The van der Waals surface area contributed by atoms with Gasteiger partial charge < -0.3 is 26.0 Å². The van der Waals surface area contributed by atoms with Crippen molar-refractivity contribution in [2.24, 2.45) is 10.7 Å². The summed E-state index contributed by atoms with van der Waals surface area (Å²) in [5, 5.41) is 21.4. The van der Waals surface area contributed by atoms with E-state index in [4.69, 9.17) is 15.6 Å². The summed E-state index contributed by atoms with van der Waals surface area (Å²) in [4.78, 5) is 15.8. The number of hydrogen-bond donors (Lipinski definition) is 4. The molecule has 0 saturated carbocycles. The van der Waals surface area contributed by atoms with Crippen LogP contribution in [-0.4, -0.2) is 53.0 Å². The zero-order valence-corrected chi connectivity index (χ0v) is 13.4. The summed E-state index contributed by atoms with van der Waals surface area (Å²) >= 11 is 0. The maximum absolute atomic E-state index is 11.7. The van der Waals surface area contributed by atoms with Crippen LogP contribution in [0.3, 0.4) is 0 Å². The van der Waals surface area contributed by atoms with Crippen molar-refractivity contribution < 1.29 is 19.7 Å². The Kier molecular flexibility index (Phi) is 8.96. The first-order valence-electron chi connectivity index (χ1n) is 7.20. The van der Waals surface area contributed by atoms with Crippen molar-refractivity contribution in [3.63, 3.8) is 0 Å². The predicted molar refractivity (Wildman–Crippen MR) is 82.3 cm³/mol. The highest BCUT2D eigenvalue weighted by Crippen LogP contribution is 2.10. The molecule has 0 aromatic carbocycles. The number of rotatable bonds is 8. The Morgan fingerprint density at radius 2 is 2.00 bits per heavy atom. The van der Waals surface area contributed by atoms with E-state index in [-0.39, 0.29) is 0 Å². The van der Waals surface area contributed by atoms with Gasteiger partial charge >= 0.3 is 6.09 Å². The van der Waals surface area contributed by atoms with Gasteiger partial charge in [-0.2, -0.15) is 0 Å². The number of unbranched alkanes of at least 4 members (excludes halogenated alkanes) is 1. The van der Waals surface area contributed by atoms with Gasteiger partial charge in [0.05, 0.1) is 24.6 Å². The van der Waals surface area contributed by atoms with Gasteiger partial charge in [0.25, 0.3) is 0 Å². The lowest BCUT2D eigenvalue weighted by Gasteiger charge is -2.25. The maximum atomic E-state index is 11.7. The van der Waals surface area contributed by atoms with Crippen LogP contribution in [0.25, 0.3) is 0 Å². The highest BCUT2D eigenvalue weighted by atomic mass is 16.6. The van der Waals surface area contributed by atoms with Crippen LogP contribution in [0.5, 0.6) is 0 Å². The number of alkyl carbamates (subject to hydrolysis) is 1. The van der Waals surface area contributed by atoms with Crippen molar-refractivity contribution in [3.05, 3.63) is 0 Å². The van der Waals surface area contributed by atoms with Gasteiger partial charge in [0.2, 0.25) is 0 Å². The van der Waals surface area contributed by atoms with Gasteiger partial charge in [0, 0.05) is 6.54 Å². The molecule has 0 saturated heterocycles. The van der Waals surface area contributed by atoms with E-state index in [2.05, 4.69) is 10.3 Å². The average Bonchev–Trinajstić information content (AvgIpc) is 2.33. The molecular formula is C14H29N3O4. The van der Waals surface area contributed by atoms with Gasteiger partial charge in [-0.25, -0.2) is 4.79 Å². The number of nitrogens with zero attached hydrogens (tertiary/aromatic N) is 1. The molecule has 0 aliphatic heterocycles. The quantitative estimate of drug-likeness (QED) is 0.300. The molecule has 0 spiro atoms. The van der Waals surface area contributed by atoms with E-state index >= 15 is 0 Å². The zero-order valence-electron chi connectivity index (χ0n) is 13.4. The van der Waals surface area contributed by atoms with Crippen LogP contribution in [0.1, 0.15) is 47.0 Å². The normalized spacial score (nSPS) is 15.4. The molecule has 1 amide bonds. The standard InChI is InChI=1S/C14H29N3O4/c1-10(15)16-8-6-5-7-11(12(19)9-18)17-13(20)21-14(2,3)4/h11-12,18-19H,5-9H2,1-4H3,(H2,15,16)(H,17,20)/t11-,12+/m0/s1. The second-order valence-electron chi connectivity index (χ2n) is 6.02. The van der Waals surface area contributed by atoms with Crippen LogP contribution in [0.15, 0.2) is 4.99 Å². The van der Waals surface area contributed by atoms with E-state index in [9.17, 15) is 9.90 Å². The van der Waals surface area contributed by atoms with Crippen molar-refractivity contribution in [3.8, 4) is 0 Å². The van der Waals surface area contributed by atoms with Crippen LogP contribution < -0.4 is 11.1 Å². The lowest BCUT2D eigenvalue weighted by Crippen LogP contribution is -2.46. The molecule has 0 bridgehead atoms. The highest BCUT2D eigenvalue weighted by Gasteiger charge is 2.23. The van der Waals surface area contributed by atoms with Crippen LogP contribution in [-0.2, 0) is 4.74 Å². The number of carbonyl (C=O) groups excluding carboxylic acids is 1. The van der Waals surface area contributed by atoms with Crippen LogP contribution in [0.4, 0.5) is 4.79 Å². The third kappa shape index (κ3) is 11.0. The van der Waals surface area contributed by atoms with E-state index in [1.54, 1.807) is 27.7 Å². The van der Waals surface area contributed by atoms with Gasteiger partial charge in [0.1, 0.15) is 5.60 Å². The van der Waals surface area contributed by atoms with Crippen LogP contribution in [0, 0.1) is 0 Å². The molecule has 0 aromatic rings. The fourth-order valence-corrected chi connectivity index (χ4v) is 1.68. The Morgan fingerprint density at radius 3 is 2.48 bits per heavy atom. The second kappa shape index (κ2) is 9.57. The minimum Gasteiger partial charge on any atom is -0.444 e. The van der Waals surface area contributed by atoms with Gasteiger partial charge in [-0.1, -0.05) is 0 Å². The number of aliphatic hydroxyl groups excluding tert-OH is 2. The molecule has 7 heteroatoms. The number of nitrogens with one attached hydrogen (secondary N) is 1. The summed E-state index contributed by atoms with van der Waals surface area (Å²) in [5.74, 6) is 0.536. The Balaban J connectivity index is 4.27. The third-order valence-corrected chi connectivity index (χ3v) is 2.64. The first-order valence-corrected chi connectivity index (χ1v) is 7.20. The SMILES string of the molecule is CC(N)=NCCCC[C@H](NC(=O)OC(C)(C)C)[C@H](O)CO. The molecule has 7 nitrogen and oxygen atoms in total. The van der Waals surface area contributed by atoms with Crippen molar-refractivity contribution in [2.75, 3.05) is 13.2 Å². The molecule has 0 aliphatic carbocycles. The number of aliphatic imine (C=N–C) groups is 1. The largest absolute Gasteiger partial charge is 0.444 e. The van der Waals surface area contributed by atoms with Gasteiger partial charge in [-0.05, 0) is 47.0 Å². The highest BCUT2D eigenvalue weighted by molar-refractivity contribution is 5.77. The van der Waals surface area contributed by atoms with Gasteiger partial charge in [0.15, 0.2) is 0 Å². The Labute approximate surface area is 126 Å². The molecule has 2 atom stereocenters. The second-order valence-corrected chi connectivity index (χ2v) is 6.02. The molecule has 0 aromatic heterocycles. The zero-order chi connectivity index (χ0) is 16.5. The summed E-state index contributed by atoms with van der Waals surface area (Å²) in [6.07, 6.45) is 0.446. The Hall–Kier alpha value is -1.34. The molecule has 0 heterocycles. The molecule has 0 aliphatic rings. The molecule has 5 N–H and O–H groups in total. The van der Waals surface area contributed by atoms with E-state index in [0.29, 0.717) is 18.8 Å². The minimum absolute atomic E-state index is 0.416. The van der Waals surface area contributed by atoms with Crippen molar-refractivity contribution in [1.29, 1.82) is 0 Å². The van der Waals surface area contributed by atoms with E-state index < -0.39 is 30.4 Å². The molecule has 0 rings (SSSR count). The smallest absolute Gasteiger partial charge is 0.407 e. The molecule has 0 fully saturated rings. The molecule has 124 valence electrons. The lowest BCUT2D eigenvalue weighted by molar-refractivity contribution is 0.0302. The lowest BCUT2D eigenvalue weighted by atomic mass is 10.0. The molecule has 0 radical (unpaired) electrons. The molecule has 0 unspecified atom stereocenters. The fraction of sp³-hybridized carbons (Fsp3) is 0.857. The topological polar surface area (TPSA) is 117 Å². The Morgan fingerprint density at radius 1 is 1.38 bits per heavy atom. The summed E-state index contributed by atoms with van der Waals surface area (Å²) in [6.45, 7) is 7.20. The van der Waals surface area contributed by atoms with Crippen LogP contribution >= 0.6 is 0 Å². The summed E-state index contributed by atoms with van der Waals surface area (Å²) in [7, 11) is 0. The minimum atomic E-state index is -1.02. The van der Waals surface area contributed by atoms with Gasteiger partial charge in [-0.15, -0.1) is 0 Å². The summed E-state index contributed by atoms with van der Waals surface area (Å²) < 4.78 is 5.14. The Bertz CT molecular complexity index is 336. The van der Waals surface area contributed by atoms with Crippen LogP contribution in [0.2, 0.25) is 0 Å².